The van der Waals surface area contributed by atoms with E-state index in [1.807, 2.05) is 18.2 Å². The van der Waals surface area contributed by atoms with E-state index in [2.05, 4.69) is 25.8 Å². The van der Waals surface area contributed by atoms with Gasteiger partial charge < -0.3 is 16.4 Å². The van der Waals surface area contributed by atoms with Gasteiger partial charge in [-0.3, -0.25) is 0 Å². The van der Waals surface area contributed by atoms with Gasteiger partial charge >= 0.3 is 0 Å². The first-order chi connectivity index (χ1) is 7.50. The molecule has 4 N–H and O–H groups in total. The number of hydrogen-bond acceptors (Lipinski definition) is 3. The number of rotatable bonds is 5. The van der Waals surface area contributed by atoms with Crippen molar-refractivity contribution in [3.63, 3.8) is 0 Å². The summed E-state index contributed by atoms with van der Waals surface area (Å²) in [5.74, 6) is 0. The first-order valence-corrected chi connectivity index (χ1v) is 5.85. The van der Waals surface area contributed by atoms with Crippen LogP contribution in [0, 0.1) is 0 Å². The lowest BCUT2D eigenvalue weighted by molar-refractivity contribution is 0.271. The number of aryl methyl sites for hydroxylation is 1. The van der Waals surface area contributed by atoms with Gasteiger partial charge in [-0.1, -0.05) is 0 Å². The molecule has 0 fully saturated rings. The van der Waals surface area contributed by atoms with Gasteiger partial charge in [-0.15, -0.1) is 0 Å². The molecule has 16 heavy (non-hydrogen) atoms. The molecule has 0 bridgehead atoms. The third-order valence-electron chi connectivity index (χ3n) is 3.01. The van der Waals surface area contributed by atoms with Gasteiger partial charge in [0.05, 0.1) is 0 Å². The summed E-state index contributed by atoms with van der Waals surface area (Å²) in [5.41, 5.74) is 14.4. The largest absolute Gasteiger partial charge is 0.399 e. The molecule has 1 aromatic carbocycles. The molecule has 1 aromatic rings. The Morgan fingerprint density at radius 2 is 1.94 bits per heavy atom. The van der Waals surface area contributed by atoms with E-state index in [0.29, 0.717) is 6.04 Å². The predicted molar refractivity (Wildman–Crippen MR) is 71.4 cm³/mol. The van der Waals surface area contributed by atoms with Crippen LogP contribution in [0.2, 0.25) is 0 Å². The van der Waals surface area contributed by atoms with Crippen molar-refractivity contribution in [2.75, 3.05) is 25.1 Å². The number of nitrogen functional groups attached to an aromatic ring is 2. The molecule has 0 heterocycles. The molecule has 0 aliphatic heterocycles. The Bertz CT molecular complexity index is 334. The molecule has 0 radical (unpaired) electrons. The number of anilines is 2. The lowest BCUT2D eigenvalue weighted by Crippen LogP contribution is -2.27. The zero-order valence-corrected chi connectivity index (χ0v) is 10.5. The van der Waals surface area contributed by atoms with Crippen LogP contribution in [0.4, 0.5) is 11.4 Å². The monoisotopic (exact) mass is 221 g/mol. The van der Waals surface area contributed by atoms with E-state index in [-0.39, 0.29) is 0 Å². The molecule has 0 aliphatic rings. The molecular formula is C13H23N3. The second-order valence-corrected chi connectivity index (χ2v) is 4.64. The van der Waals surface area contributed by atoms with Gasteiger partial charge in [0.1, 0.15) is 0 Å². The van der Waals surface area contributed by atoms with Crippen LogP contribution < -0.4 is 11.5 Å². The van der Waals surface area contributed by atoms with Gasteiger partial charge in [0, 0.05) is 17.4 Å². The lowest BCUT2D eigenvalue weighted by Gasteiger charge is -2.20. The first kappa shape index (κ1) is 12.8. The van der Waals surface area contributed by atoms with Gasteiger partial charge in [-0.2, -0.15) is 0 Å². The van der Waals surface area contributed by atoms with E-state index in [1.165, 1.54) is 0 Å². The number of nitrogens with two attached hydrogens (primary N) is 2. The van der Waals surface area contributed by atoms with Crippen LogP contribution in [-0.2, 0) is 6.42 Å². The topological polar surface area (TPSA) is 55.3 Å². The molecule has 0 unspecified atom stereocenters. The van der Waals surface area contributed by atoms with Crippen LogP contribution in [0.1, 0.15) is 25.8 Å². The molecule has 0 atom stereocenters. The maximum atomic E-state index is 5.90. The molecule has 0 amide bonds. The summed E-state index contributed by atoms with van der Waals surface area (Å²) in [4.78, 5) is 2.34. The number of nitrogens with zero attached hydrogens (tertiary/aromatic N) is 1. The molecule has 0 saturated carbocycles. The molecule has 0 aliphatic carbocycles. The first-order valence-electron chi connectivity index (χ1n) is 5.85. The highest BCUT2D eigenvalue weighted by atomic mass is 15.1. The van der Waals surface area contributed by atoms with Crippen molar-refractivity contribution in [2.45, 2.75) is 32.7 Å². The second kappa shape index (κ2) is 5.75. The summed E-state index contributed by atoms with van der Waals surface area (Å²) in [6.07, 6.45) is 2.11. The van der Waals surface area contributed by atoms with E-state index in [9.17, 15) is 0 Å². The fourth-order valence-electron chi connectivity index (χ4n) is 1.62. The van der Waals surface area contributed by atoms with Gasteiger partial charge in [0.2, 0.25) is 0 Å². The van der Waals surface area contributed by atoms with E-state index >= 15 is 0 Å². The molecule has 3 heteroatoms. The summed E-state index contributed by atoms with van der Waals surface area (Å²) in [7, 11) is 2.15. The van der Waals surface area contributed by atoms with Crippen molar-refractivity contribution in [3.8, 4) is 0 Å². The SMILES string of the molecule is CC(C)N(C)CCCc1cc(N)ccc1N. The van der Waals surface area contributed by atoms with Gasteiger partial charge in [-0.05, 0) is 64.0 Å². The van der Waals surface area contributed by atoms with Crippen molar-refractivity contribution in [1.29, 1.82) is 0 Å². The Morgan fingerprint density at radius 3 is 2.56 bits per heavy atom. The van der Waals surface area contributed by atoms with Crippen molar-refractivity contribution < 1.29 is 0 Å². The van der Waals surface area contributed by atoms with Crippen LogP contribution in [0.3, 0.4) is 0 Å². The van der Waals surface area contributed by atoms with Gasteiger partial charge in [-0.25, -0.2) is 0 Å². The van der Waals surface area contributed by atoms with Crippen LogP contribution in [0.25, 0.3) is 0 Å². The minimum absolute atomic E-state index is 0.596. The molecule has 0 spiro atoms. The second-order valence-electron chi connectivity index (χ2n) is 4.64. The zero-order valence-electron chi connectivity index (χ0n) is 10.5. The third kappa shape index (κ3) is 3.74. The average Bonchev–Trinajstić information content (AvgIpc) is 2.22. The Labute approximate surface area is 98.4 Å². The van der Waals surface area contributed by atoms with E-state index in [4.69, 9.17) is 11.5 Å². The van der Waals surface area contributed by atoms with Crippen LogP contribution in [0.5, 0.6) is 0 Å². The Balaban J connectivity index is 2.45. The van der Waals surface area contributed by atoms with E-state index in [1.54, 1.807) is 0 Å². The summed E-state index contributed by atoms with van der Waals surface area (Å²) in [6.45, 7) is 5.50. The molecule has 90 valence electrons. The predicted octanol–water partition coefficient (Wildman–Crippen LogP) is 2.12. The molecule has 0 aromatic heterocycles. The number of benzene rings is 1. The minimum atomic E-state index is 0.596. The van der Waals surface area contributed by atoms with Gasteiger partial charge in [0.25, 0.3) is 0 Å². The van der Waals surface area contributed by atoms with Crippen molar-refractivity contribution >= 4 is 11.4 Å². The Morgan fingerprint density at radius 1 is 1.25 bits per heavy atom. The minimum Gasteiger partial charge on any atom is -0.399 e. The fourth-order valence-corrected chi connectivity index (χ4v) is 1.62. The van der Waals surface area contributed by atoms with Crippen LogP contribution in [-0.4, -0.2) is 24.5 Å². The van der Waals surface area contributed by atoms with Crippen LogP contribution in [0.15, 0.2) is 18.2 Å². The standard InChI is InChI=1S/C13H23N3/c1-10(2)16(3)8-4-5-11-9-12(14)6-7-13(11)15/h6-7,9-10H,4-5,8,14-15H2,1-3H3. The summed E-state index contributed by atoms with van der Waals surface area (Å²) in [5, 5.41) is 0. The summed E-state index contributed by atoms with van der Waals surface area (Å²) >= 11 is 0. The average molecular weight is 221 g/mol. The number of hydrogen-bond donors (Lipinski definition) is 2. The lowest BCUT2D eigenvalue weighted by atomic mass is 10.1. The quantitative estimate of drug-likeness (QED) is 0.749. The summed E-state index contributed by atoms with van der Waals surface area (Å²) in [6, 6.07) is 6.30. The molecule has 3 nitrogen and oxygen atoms in total. The Hall–Kier alpha value is -1.22. The molecule has 0 saturated heterocycles. The van der Waals surface area contributed by atoms with Crippen molar-refractivity contribution in [2.24, 2.45) is 0 Å². The summed E-state index contributed by atoms with van der Waals surface area (Å²) < 4.78 is 0. The highest BCUT2D eigenvalue weighted by Gasteiger charge is 2.04. The van der Waals surface area contributed by atoms with E-state index < -0.39 is 0 Å². The van der Waals surface area contributed by atoms with E-state index in [0.717, 1.165) is 36.3 Å². The highest BCUT2D eigenvalue weighted by molar-refractivity contribution is 5.55. The fraction of sp³-hybridized carbons (Fsp3) is 0.538. The maximum absolute atomic E-state index is 5.90. The smallest absolute Gasteiger partial charge is 0.0348 e. The van der Waals surface area contributed by atoms with Gasteiger partial charge in [0.15, 0.2) is 0 Å². The normalized spacial score (nSPS) is 11.3. The highest BCUT2D eigenvalue weighted by Crippen LogP contribution is 2.17. The van der Waals surface area contributed by atoms with Crippen molar-refractivity contribution in [3.05, 3.63) is 23.8 Å². The Kier molecular flexibility index (Phi) is 4.62. The zero-order chi connectivity index (χ0) is 12.1. The van der Waals surface area contributed by atoms with Crippen LogP contribution >= 0.6 is 0 Å². The molecular weight excluding hydrogens is 198 g/mol. The maximum Gasteiger partial charge on any atom is 0.0348 e. The third-order valence-corrected chi connectivity index (χ3v) is 3.01. The van der Waals surface area contributed by atoms with Crippen molar-refractivity contribution in [1.82, 2.24) is 4.90 Å². The molecule has 1 rings (SSSR count).